The predicted molar refractivity (Wildman–Crippen MR) is 168 cm³/mol. The zero-order valence-corrected chi connectivity index (χ0v) is 23.5. The van der Waals surface area contributed by atoms with Crippen molar-refractivity contribution in [1.82, 2.24) is 15.0 Å². The molecule has 0 unspecified atom stereocenters. The number of aromatic nitrogens is 3. The second kappa shape index (κ2) is 8.28. The molecule has 42 heavy (non-hydrogen) atoms. The Hall–Kier alpha value is -5.00. The van der Waals surface area contributed by atoms with E-state index in [4.69, 9.17) is 30.4 Å². The Morgan fingerprint density at radius 1 is 0.571 bits per heavy atom. The molecule has 8 aromatic rings. The zero-order valence-electron chi connectivity index (χ0n) is 22.8. The van der Waals surface area contributed by atoms with Crippen LogP contribution in [0.4, 0.5) is 0 Å². The second-order valence-electron chi connectivity index (χ2n) is 11.3. The zero-order chi connectivity index (χ0) is 28.2. The van der Waals surface area contributed by atoms with Crippen molar-refractivity contribution < 1.29 is 8.83 Å². The quantitative estimate of drug-likeness (QED) is 0.209. The minimum absolute atomic E-state index is 0.129. The van der Waals surface area contributed by atoms with E-state index in [2.05, 4.69) is 67.4 Å². The Kier molecular flexibility index (Phi) is 4.67. The number of hydrogen-bond acceptors (Lipinski definition) is 5. The molecule has 5 nitrogen and oxygen atoms in total. The van der Waals surface area contributed by atoms with Gasteiger partial charge in [-0.1, -0.05) is 86.6 Å². The lowest BCUT2D eigenvalue weighted by atomic mass is 9.80. The van der Waals surface area contributed by atoms with Gasteiger partial charge in [-0.05, 0) is 58.1 Å². The monoisotopic (exact) mass is 563 g/mol. The molecule has 0 fully saturated rings. The van der Waals surface area contributed by atoms with Crippen LogP contribution in [0.2, 0.25) is 5.28 Å². The summed E-state index contributed by atoms with van der Waals surface area (Å²) < 4.78 is 12.6. The van der Waals surface area contributed by atoms with Gasteiger partial charge in [-0.3, -0.25) is 0 Å². The van der Waals surface area contributed by atoms with Gasteiger partial charge >= 0.3 is 0 Å². The summed E-state index contributed by atoms with van der Waals surface area (Å²) in [7, 11) is 0. The van der Waals surface area contributed by atoms with E-state index in [0.717, 1.165) is 60.6 Å². The van der Waals surface area contributed by atoms with E-state index in [0.29, 0.717) is 11.6 Å². The largest absolute Gasteiger partial charge is 0.456 e. The van der Waals surface area contributed by atoms with Crippen LogP contribution in [0.1, 0.15) is 25.0 Å². The first kappa shape index (κ1) is 23.7. The molecule has 6 heteroatoms. The molecule has 3 aromatic heterocycles. The van der Waals surface area contributed by atoms with E-state index in [1.807, 2.05) is 48.5 Å². The van der Waals surface area contributed by atoms with Gasteiger partial charge in [0.2, 0.25) is 5.28 Å². The molecular formula is C36H22ClN3O2. The van der Waals surface area contributed by atoms with Gasteiger partial charge < -0.3 is 8.83 Å². The molecule has 0 amide bonds. The maximum Gasteiger partial charge on any atom is 0.226 e. The summed E-state index contributed by atoms with van der Waals surface area (Å²) in [4.78, 5) is 14.4. The molecule has 0 spiro atoms. The van der Waals surface area contributed by atoms with Crippen LogP contribution in [-0.2, 0) is 5.41 Å². The molecule has 0 N–H and O–H groups in total. The topological polar surface area (TPSA) is 65.0 Å². The highest BCUT2D eigenvalue weighted by atomic mass is 35.5. The van der Waals surface area contributed by atoms with E-state index in [9.17, 15) is 0 Å². The van der Waals surface area contributed by atoms with Gasteiger partial charge in [-0.15, -0.1) is 0 Å². The molecule has 0 atom stereocenters. The molecule has 0 radical (unpaired) electrons. The van der Waals surface area contributed by atoms with Crippen molar-refractivity contribution in [1.29, 1.82) is 0 Å². The molecule has 1 aliphatic carbocycles. The van der Waals surface area contributed by atoms with Gasteiger partial charge in [0.05, 0.1) is 0 Å². The average Bonchev–Trinajstić information content (AvgIpc) is 3.64. The second-order valence-corrected chi connectivity index (χ2v) is 11.7. The Morgan fingerprint density at radius 3 is 1.95 bits per heavy atom. The number of para-hydroxylation sites is 2. The summed E-state index contributed by atoms with van der Waals surface area (Å²) in [6, 6.07) is 32.8. The highest BCUT2D eigenvalue weighted by Crippen LogP contribution is 2.56. The van der Waals surface area contributed by atoms with Crippen LogP contribution in [0, 0.1) is 0 Å². The number of furan rings is 2. The van der Waals surface area contributed by atoms with Crippen LogP contribution < -0.4 is 0 Å². The first-order valence-corrected chi connectivity index (χ1v) is 14.3. The molecule has 0 saturated heterocycles. The summed E-state index contributed by atoms with van der Waals surface area (Å²) in [5, 5.41) is 4.31. The van der Waals surface area contributed by atoms with Gasteiger partial charge in [0, 0.05) is 38.1 Å². The van der Waals surface area contributed by atoms with Crippen molar-refractivity contribution in [2.45, 2.75) is 19.3 Å². The average molecular weight is 564 g/mol. The summed E-state index contributed by atoms with van der Waals surface area (Å²) in [6.07, 6.45) is 0. The molecule has 0 aliphatic heterocycles. The standard InChI is InChI=1S/C36H22ClN3O2/c1-36(2)24-14-6-3-10-19(24)30-23(18-28-31(32(30)36)21-12-5-8-16-26(21)42-28)34-38-33(39-35(37)40-34)22-13-9-17-27-29(22)20-11-4-7-15-25(20)41-27/h3-18H,1-2H3. The lowest BCUT2D eigenvalue weighted by Gasteiger charge is -2.22. The highest BCUT2D eigenvalue weighted by molar-refractivity contribution is 6.28. The third-order valence-electron chi connectivity index (χ3n) is 8.65. The predicted octanol–water partition coefficient (Wildman–Crippen LogP) is 9.96. The fraction of sp³-hybridized carbons (Fsp3) is 0.0833. The van der Waals surface area contributed by atoms with Crippen LogP contribution in [0.15, 0.2) is 106 Å². The van der Waals surface area contributed by atoms with Gasteiger partial charge in [0.25, 0.3) is 0 Å². The van der Waals surface area contributed by atoms with Crippen molar-refractivity contribution >= 4 is 55.5 Å². The molecule has 200 valence electrons. The van der Waals surface area contributed by atoms with E-state index in [1.165, 1.54) is 16.7 Å². The smallest absolute Gasteiger partial charge is 0.226 e. The number of fused-ring (bicyclic) bond motifs is 10. The third kappa shape index (κ3) is 3.11. The lowest BCUT2D eigenvalue weighted by molar-refractivity contribution is 0.657. The maximum atomic E-state index is 6.67. The SMILES string of the molecule is CC1(C)c2ccccc2-c2c(-c3nc(Cl)nc(-c4cccc5oc6ccccc6c45)n3)cc3oc4ccccc4c3c21. The molecule has 1 aliphatic rings. The van der Waals surface area contributed by atoms with E-state index in [1.54, 1.807) is 0 Å². The first-order chi connectivity index (χ1) is 20.5. The maximum absolute atomic E-state index is 6.67. The first-order valence-electron chi connectivity index (χ1n) is 13.9. The van der Waals surface area contributed by atoms with Crippen LogP contribution >= 0.6 is 11.6 Å². The van der Waals surface area contributed by atoms with Gasteiger partial charge in [0.15, 0.2) is 11.6 Å². The number of benzene rings is 5. The van der Waals surface area contributed by atoms with Crippen LogP contribution in [-0.4, -0.2) is 15.0 Å². The van der Waals surface area contributed by atoms with Crippen molar-refractivity contribution in [3.8, 4) is 33.9 Å². The summed E-state index contributed by atoms with van der Waals surface area (Å²) in [5.74, 6) is 0.993. The number of hydrogen-bond donors (Lipinski definition) is 0. The summed E-state index contributed by atoms with van der Waals surface area (Å²) in [6.45, 7) is 4.55. The Balaban J connectivity index is 1.38. The van der Waals surface area contributed by atoms with E-state index >= 15 is 0 Å². The minimum Gasteiger partial charge on any atom is -0.456 e. The van der Waals surface area contributed by atoms with Crippen molar-refractivity contribution in [3.05, 3.63) is 113 Å². The van der Waals surface area contributed by atoms with Crippen LogP contribution in [0.3, 0.4) is 0 Å². The van der Waals surface area contributed by atoms with Crippen LogP contribution in [0.5, 0.6) is 0 Å². The summed E-state index contributed by atoms with van der Waals surface area (Å²) >= 11 is 6.67. The van der Waals surface area contributed by atoms with Gasteiger partial charge in [-0.2, -0.15) is 9.97 Å². The fourth-order valence-electron chi connectivity index (χ4n) is 6.90. The van der Waals surface area contributed by atoms with E-state index in [-0.39, 0.29) is 10.7 Å². The van der Waals surface area contributed by atoms with Gasteiger partial charge in [0.1, 0.15) is 22.3 Å². The number of nitrogens with zero attached hydrogens (tertiary/aromatic N) is 3. The molecule has 0 saturated carbocycles. The number of halogens is 1. The van der Waals surface area contributed by atoms with Crippen LogP contribution in [0.25, 0.3) is 77.8 Å². The highest BCUT2D eigenvalue weighted by Gasteiger charge is 2.40. The van der Waals surface area contributed by atoms with E-state index < -0.39 is 0 Å². The van der Waals surface area contributed by atoms with Crippen molar-refractivity contribution in [2.75, 3.05) is 0 Å². The molecule has 0 bridgehead atoms. The minimum atomic E-state index is -0.270. The lowest BCUT2D eigenvalue weighted by Crippen LogP contribution is -2.15. The molecule has 5 aromatic carbocycles. The Labute approximate surface area is 245 Å². The fourth-order valence-corrected chi connectivity index (χ4v) is 7.06. The van der Waals surface area contributed by atoms with Crippen molar-refractivity contribution in [2.24, 2.45) is 0 Å². The molecule has 3 heterocycles. The Morgan fingerprint density at radius 2 is 1.17 bits per heavy atom. The summed E-state index contributed by atoms with van der Waals surface area (Å²) in [5.41, 5.74) is 9.41. The number of rotatable bonds is 2. The Bertz CT molecular complexity index is 2420. The van der Waals surface area contributed by atoms with Gasteiger partial charge in [-0.25, -0.2) is 4.98 Å². The third-order valence-corrected chi connectivity index (χ3v) is 8.82. The normalized spacial score (nSPS) is 13.8. The molecular weight excluding hydrogens is 542 g/mol. The van der Waals surface area contributed by atoms with Crippen molar-refractivity contribution in [3.63, 3.8) is 0 Å². The molecule has 9 rings (SSSR count).